The lowest BCUT2D eigenvalue weighted by Gasteiger charge is -2.15. The van der Waals surface area contributed by atoms with E-state index in [2.05, 4.69) is 5.32 Å². The first kappa shape index (κ1) is 18.1. The molecule has 0 bridgehead atoms. The van der Waals surface area contributed by atoms with Gasteiger partial charge in [-0.1, -0.05) is 13.8 Å². The van der Waals surface area contributed by atoms with Gasteiger partial charge in [-0.2, -0.15) is 0 Å². The van der Waals surface area contributed by atoms with E-state index >= 15 is 0 Å². The van der Waals surface area contributed by atoms with Crippen molar-refractivity contribution in [1.82, 2.24) is 5.32 Å². The molecule has 0 rings (SSSR count). The zero-order valence-electron chi connectivity index (χ0n) is 10.5. The molecule has 0 aromatic carbocycles. The Hall–Kier alpha value is -0.255. The molecule has 4 nitrogen and oxygen atoms in total. The van der Waals surface area contributed by atoms with Crippen molar-refractivity contribution >= 4 is 25.3 Å². The number of nitrogens with two attached hydrogens (primary N) is 1. The van der Waals surface area contributed by atoms with E-state index in [-0.39, 0.29) is 25.3 Å². The van der Waals surface area contributed by atoms with E-state index in [0.717, 1.165) is 25.6 Å². The minimum absolute atomic E-state index is 0. The number of rotatable bonds is 8. The van der Waals surface area contributed by atoms with Gasteiger partial charge >= 0.3 is 12.9 Å². The van der Waals surface area contributed by atoms with Crippen LogP contribution in [0.2, 0.25) is 12.6 Å². The van der Waals surface area contributed by atoms with Crippen LogP contribution in [0.1, 0.15) is 26.7 Å². The largest absolute Gasteiger partial charge is 0.535 e. The van der Waals surface area contributed by atoms with E-state index in [1.54, 1.807) is 0 Å². The Morgan fingerprint density at radius 3 is 2.44 bits per heavy atom. The monoisotopic (exact) mass is 250 g/mol. The highest BCUT2D eigenvalue weighted by molar-refractivity contribution is 6.53. The Morgan fingerprint density at radius 2 is 2.00 bits per heavy atom. The molecule has 1 atom stereocenters. The lowest BCUT2D eigenvalue weighted by atomic mass is 9.62. The SMILES string of the molecule is CCB(CC)OC(=O)[C@@H](N)CCCNC.Cl. The molecule has 0 radical (unpaired) electrons. The van der Waals surface area contributed by atoms with Gasteiger partial charge < -0.3 is 15.7 Å². The Morgan fingerprint density at radius 1 is 1.44 bits per heavy atom. The van der Waals surface area contributed by atoms with E-state index in [1.807, 2.05) is 20.9 Å². The number of carbonyl (C=O) groups excluding carboxylic acids is 1. The van der Waals surface area contributed by atoms with Crippen LogP contribution < -0.4 is 11.1 Å². The highest BCUT2D eigenvalue weighted by atomic mass is 35.5. The fourth-order valence-electron chi connectivity index (χ4n) is 1.32. The molecule has 0 heterocycles. The van der Waals surface area contributed by atoms with Crippen LogP contribution in [0.5, 0.6) is 0 Å². The second-order valence-corrected chi connectivity index (χ2v) is 3.73. The summed E-state index contributed by atoms with van der Waals surface area (Å²) in [5, 5.41) is 3.02. The quantitative estimate of drug-likeness (QED) is 0.504. The molecule has 6 heteroatoms. The van der Waals surface area contributed by atoms with Gasteiger partial charge in [-0.05, 0) is 39.1 Å². The van der Waals surface area contributed by atoms with Crippen LogP contribution in [-0.2, 0) is 9.45 Å². The molecule has 0 aliphatic heterocycles. The van der Waals surface area contributed by atoms with Crippen LogP contribution in [0.25, 0.3) is 0 Å². The number of halogens is 1. The second-order valence-electron chi connectivity index (χ2n) is 3.73. The third kappa shape index (κ3) is 7.96. The fraction of sp³-hybridized carbons (Fsp3) is 0.900. The zero-order valence-corrected chi connectivity index (χ0v) is 11.3. The molecule has 3 N–H and O–H groups in total. The summed E-state index contributed by atoms with van der Waals surface area (Å²) in [6.45, 7) is 4.92. The summed E-state index contributed by atoms with van der Waals surface area (Å²) in [5.74, 6) is -0.264. The molecule has 0 aliphatic carbocycles. The van der Waals surface area contributed by atoms with Gasteiger partial charge in [0.15, 0.2) is 0 Å². The van der Waals surface area contributed by atoms with Gasteiger partial charge in [0.2, 0.25) is 0 Å². The van der Waals surface area contributed by atoms with Crippen LogP contribution in [-0.4, -0.2) is 32.5 Å². The van der Waals surface area contributed by atoms with Gasteiger partial charge in [0.25, 0.3) is 0 Å². The zero-order chi connectivity index (χ0) is 11.7. The first-order chi connectivity index (χ1) is 7.15. The average Bonchev–Trinajstić information content (AvgIpc) is 2.25. The van der Waals surface area contributed by atoms with Gasteiger partial charge in [0.1, 0.15) is 6.04 Å². The summed E-state index contributed by atoms with van der Waals surface area (Å²) in [6, 6.07) is -0.473. The average molecular weight is 251 g/mol. The molecule has 96 valence electrons. The summed E-state index contributed by atoms with van der Waals surface area (Å²) in [5.41, 5.74) is 5.71. The standard InChI is InChI=1S/C10H23BN2O2.ClH/c1-4-11(5-2)15-10(14)9(12)7-6-8-13-3;/h9,13H,4-8,12H2,1-3H3;1H/t9-;/m0./s1. The number of hydrogen-bond donors (Lipinski definition) is 2. The molecule has 16 heavy (non-hydrogen) atoms. The van der Waals surface area contributed by atoms with Crippen LogP contribution in [0.3, 0.4) is 0 Å². The molecular formula is C10H24BClN2O2. The lowest BCUT2D eigenvalue weighted by molar-refractivity contribution is -0.136. The third-order valence-electron chi connectivity index (χ3n) is 2.44. The molecular weight excluding hydrogens is 226 g/mol. The predicted molar refractivity (Wildman–Crippen MR) is 71.2 cm³/mol. The maximum Gasteiger partial charge on any atom is 0.361 e. The van der Waals surface area contributed by atoms with Crippen LogP contribution in [0.15, 0.2) is 0 Å². The third-order valence-corrected chi connectivity index (χ3v) is 2.44. The first-order valence-electron chi connectivity index (χ1n) is 5.76. The smallest absolute Gasteiger partial charge is 0.361 e. The highest BCUT2D eigenvalue weighted by Crippen LogP contribution is 2.04. The summed E-state index contributed by atoms with van der Waals surface area (Å²) < 4.78 is 5.26. The Bertz CT molecular complexity index is 180. The van der Waals surface area contributed by atoms with Gasteiger partial charge in [-0.25, -0.2) is 0 Å². The van der Waals surface area contributed by atoms with Gasteiger partial charge in [0, 0.05) is 0 Å². The second kappa shape index (κ2) is 11.2. The van der Waals surface area contributed by atoms with Crippen molar-refractivity contribution in [3.8, 4) is 0 Å². The van der Waals surface area contributed by atoms with Gasteiger partial charge in [0.05, 0.1) is 0 Å². The number of nitrogens with one attached hydrogen (secondary N) is 1. The summed E-state index contributed by atoms with van der Waals surface area (Å²) >= 11 is 0. The van der Waals surface area contributed by atoms with Crippen molar-refractivity contribution in [2.45, 2.75) is 45.4 Å². The number of hydrogen-bond acceptors (Lipinski definition) is 4. The van der Waals surface area contributed by atoms with Crippen molar-refractivity contribution in [2.24, 2.45) is 5.73 Å². The van der Waals surface area contributed by atoms with E-state index in [1.165, 1.54) is 0 Å². The Labute approximate surface area is 105 Å². The molecule has 0 aliphatic rings. The molecule has 0 saturated heterocycles. The Kier molecular flexibility index (Phi) is 12.7. The van der Waals surface area contributed by atoms with Crippen molar-refractivity contribution in [3.63, 3.8) is 0 Å². The van der Waals surface area contributed by atoms with Gasteiger partial charge in [-0.3, -0.25) is 4.79 Å². The van der Waals surface area contributed by atoms with Crippen molar-refractivity contribution in [3.05, 3.63) is 0 Å². The molecule has 0 aromatic rings. The molecule has 0 fully saturated rings. The van der Waals surface area contributed by atoms with E-state index < -0.39 is 6.04 Å². The maximum atomic E-state index is 11.5. The van der Waals surface area contributed by atoms with Gasteiger partial charge in [-0.15, -0.1) is 12.4 Å². The first-order valence-corrected chi connectivity index (χ1v) is 5.76. The summed E-state index contributed by atoms with van der Waals surface area (Å²) in [6.07, 6.45) is 3.28. The van der Waals surface area contributed by atoms with E-state index in [9.17, 15) is 4.79 Å². The molecule has 0 aromatic heterocycles. The van der Waals surface area contributed by atoms with E-state index in [4.69, 9.17) is 10.4 Å². The Balaban J connectivity index is 0. The summed E-state index contributed by atoms with van der Waals surface area (Å²) in [4.78, 5) is 11.5. The summed E-state index contributed by atoms with van der Waals surface area (Å²) in [7, 11) is 1.88. The maximum absolute atomic E-state index is 11.5. The van der Waals surface area contributed by atoms with E-state index in [0.29, 0.717) is 6.42 Å². The molecule has 0 amide bonds. The van der Waals surface area contributed by atoms with Crippen molar-refractivity contribution in [2.75, 3.05) is 13.6 Å². The number of carbonyl (C=O) groups is 1. The van der Waals surface area contributed by atoms with Crippen LogP contribution in [0.4, 0.5) is 0 Å². The fourth-order valence-corrected chi connectivity index (χ4v) is 1.32. The van der Waals surface area contributed by atoms with Crippen molar-refractivity contribution in [1.29, 1.82) is 0 Å². The normalized spacial score (nSPS) is 11.5. The lowest BCUT2D eigenvalue weighted by Crippen LogP contribution is -2.36. The van der Waals surface area contributed by atoms with Crippen molar-refractivity contribution < 1.29 is 9.45 Å². The minimum atomic E-state index is -0.473. The highest BCUT2D eigenvalue weighted by Gasteiger charge is 2.20. The predicted octanol–water partition coefficient (Wildman–Crippen LogP) is 1.31. The molecule has 0 spiro atoms. The topological polar surface area (TPSA) is 64.3 Å². The van der Waals surface area contributed by atoms with Crippen LogP contribution >= 0.6 is 12.4 Å². The van der Waals surface area contributed by atoms with Crippen LogP contribution in [0, 0.1) is 0 Å². The minimum Gasteiger partial charge on any atom is -0.535 e. The molecule has 0 unspecified atom stereocenters. The molecule has 0 saturated carbocycles.